The number of hydrogen-bond acceptors (Lipinski definition) is 2. The van der Waals surface area contributed by atoms with Crippen LogP contribution in [0.2, 0.25) is 0 Å². The molecule has 0 aliphatic rings. The quantitative estimate of drug-likeness (QED) is 0.780. The molecule has 116 valence electrons. The number of nitrogens with two attached hydrogens (primary N) is 1. The Kier molecular flexibility index (Phi) is 5.43. The average Bonchev–Trinajstić information content (AvgIpc) is 2.90. The molecule has 21 heavy (non-hydrogen) atoms. The molecule has 0 saturated heterocycles. The summed E-state index contributed by atoms with van der Waals surface area (Å²) in [7, 11) is 0. The van der Waals surface area contributed by atoms with Gasteiger partial charge in [-0.2, -0.15) is 0 Å². The third-order valence-corrected chi connectivity index (χ3v) is 4.44. The fourth-order valence-corrected chi connectivity index (χ4v) is 3.19. The minimum absolute atomic E-state index is 0.0248. The van der Waals surface area contributed by atoms with Crippen LogP contribution in [0.15, 0.2) is 30.5 Å². The highest BCUT2D eigenvalue weighted by atomic mass is 15.2. The van der Waals surface area contributed by atoms with E-state index in [4.69, 9.17) is 5.73 Å². The van der Waals surface area contributed by atoms with Crippen molar-refractivity contribution in [1.29, 1.82) is 0 Å². The largest absolute Gasteiger partial charge is 0.361 e. The lowest BCUT2D eigenvalue weighted by Crippen LogP contribution is -2.53. The molecule has 0 saturated carbocycles. The van der Waals surface area contributed by atoms with Crippen molar-refractivity contribution in [2.24, 2.45) is 5.73 Å². The molecular formula is C18H29N3. The Bertz CT molecular complexity index is 554. The van der Waals surface area contributed by atoms with Crippen LogP contribution in [0.5, 0.6) is 0 Å². The average molecular weight is 287 g/mol. The van der Waals surface area contributed by atoms with Crippen molar-refractivity contribution < 1.29 is 0 Å². The molecule has 3 N–H and O–H groups in total. The van der Waals surface area contributed by atoms with E-state index in [2.05, 4.69) is 61.1 Å². The maximum atomic E-state index is 6.18. The van der Waals surface area contributed by atoms with Crippen LogP contribution in [0.25, 0.3) is 10.9 Å². The van der Waals surface area contributed by atoms with E-state index in [1.165, 1.54) is 29.3 Å². The molecule has 1 aromatic carbocycles. The van der Waals surface area contributed by atoms with Gasteiger partial charge in [0.05, 0.1) is 0 Å². The van der Waals surface area contributed by atoms with E-state index in [9.17, 15) is 0 Å². The molecule has 0 amide bonds. The van der Waals surface area contributed by atoms with Gasteiger partial charge in [0.15, 0.2) is 0 Å². The highest BCUT2D eigenvalue weighted by molar-refractivity contribution is 5.83. The monoisotopic (exact) mass is 287 g/mol. The number of benzene rings is 1. The summed E-state index contributed by atoms with van der Waals surface area (Å²) >= 11 is 0. The number of fused-ring (bicyclic) bond motifs is 1. The summed E-state index contributed by atoms with van der Waals surface area (Å²) in [6.07, 6.45) is 5.48. The number of aromatic nitrogens is 1. The zero-order chi connectivity index (χ0) is 15.3. The summed E-state index contributed by atoms with van der Waals surface area (Å²) in [5, 5.41) is 1.32. The lowest BCUT2D eigenvalue weighted by atomic mass is 9.90. The van der Waals surface area contributed by atoms with E-state index in [1.54, 1.807) is 0 Å². The number of aromatic amines is 1. The fourth-order valence-electron chi connectivity index (χ4n) is 3.19. The predicted octanol–water partition coefficient (Wildman–Crippen LogP) is 3.55. The first-order chi connectivity index (χ1) is 10.1. The van der Waals surface area contributed by atoms with E-state index in [0.717, 1.165) is 19.5 Å². The Morgan fingerprint density at radius 2 is 1.81 bits per heavy atom. The summed E-state index contributed by atoms with van der Waals surface area (Å²) < 4.78 is 0. The van der Waals surface area contributed by atoms with Crippen LogP contribution in [0.4, 0.5) is 0 Å². The van der Waals surface area contributed by atoms with Crippen LogP contribution in [0.1, 0.15) is 39.2 Å². The second-order valence-corrected chi connectivity index (χ2v) is 6.22. The molecule has 3 heteroatoms. The van der Waals surface area contributed by atoms with Gasteiger partial charge in [0.2, 0.25) is 0 Å². The first-order valence-electron chi connectivity index (χ1n) is 8.14. The van der Waals surface area contributed by atoms with Gasteiger partial charge in [-0.3, -0.25) is 4.90 Å². The number of rotatable bonds is 8. The van der Waals surface area contributed by atoms with Gasteiger partial charge in [-0.15, -0.1) is 0 Å². The zero-order valence-electron chi connectivity index (χ0n) is 13.7. The number of nitrogens with zero attached hydrogens (tertiary/aromatic N) is 1. The second kappa shape index (κ2) is 7.10. The molecule has 0 aliphatic heterocycles. The molecule has 1 aromatic heterocycles. The molecule has 0 fully saturated rings. The minimum atomic E-state index is 0.0248. The number of nitrogens with one attached hydrogen (secondary N) is 1. The topological polar surface area (TPSA) is 45.0 Å². The molecule has 1 unspecified atom stereocenters. The van der Waals surface area contributed by atoms with Crippen molar-refractivity contribution in [3.63, 3.8) is 0 Å². The highest BCUT2D eigenvalue weighted by Crippen LogP contribution is 2.26. The second-order valence-electron chi connectivity index (χ2n) is 6.22. The van der Waals surface area contributed by atoms with Gasteiger partial charge in [-0.05, 0) is 50.9 Å². The predicted molar refractivity (Wildman–Crippen MR) is 91.6 cm³/mol. The molecule has 0 aliphatic carbocycles. The van der Waals surface area contributed by atoms with E-state index < -0.39 is 0 Å². The van der Waals surface area contributed by atoms with E-state index >= 15 is 0 Å². The third kappa shape index (κ3) is 3.47. The normalized spacial score (nSPS) is 14.7. The van der Waals surface area contributed by atoms with Gasteiger partial charge in [0.1, 0.15) is 0 Å². The first kappa shape index (κ1) is 16.1. The van der Waals surface area contributed by atoms with Gasteiger partial charge in [0.25, 0.3) is 0 Å². The van der Waals surface area contributed by atoms with Crippen molar-refractivity contribution in [1.82, 2.24) is 9.88 Å². The van der Waals surface area contributed by atoms with Crippen molar-refractivity contribution in [2.75, 3.05) is 19.6 Å². The van der Waals surface area contributed by atoms with E-state index in [1.807, 2.05) is 0 Å². The molecule has 2 rings (SSSR count). The summed E-state index contributed by atoms with van der Waals surface area (Å²) in [6.45, 7) is 9.71. The molecule has 0 bridgehead atoms. The lowest BCUT2D eigenvalue weighted by molar-refractivity contribution is 0.110. The summed E-state index contributed by atoms with van der Waals surface area (Å²) in [6, 6.07) is 8.51. The molecule has 1 heterocycles. The SMILES string of the molecule is CCCN(CCC)C(C)(CN)Cc1c[nH]c2ccccc12. The lowest BCUT2D eigenvalue weighted by Gasteiger charge is -2.41. The van der Waals surface area contributed by atoms with Gasteiger partial charge in [0, 0.05) is 29.2 Å². The van der Waals surface area contributed by atoms with Gasteiger partial charge < -0.3 is 10.7 Å². The Balaban J connectivity index is 2.27. The number of para-hydroxylation sites is 1. The standard InChI is InChI=1S/C18H29N3/c1-4-10-21(11-5-2)18(3,14-19)12-15-13-20-17-9-7-6-8-16(15)17/h6-9,13,20H,4-5,10-12,14,19H2,1-3H3. The third-order valence-electron chi connectivity index (χ3n) is 4.44. The number of H-pyrrole nitrogens is 1. The van der Waals surface area contributed by atoms with Crippen LogP contribution >= 0.6 is 0 Å². The maximum absolute atomic E-state index is 6.18. The van der Waals surface area contributed by atoms with Crippen molar-refractivity contribution in [3.8, 4) is 0 Å². The summed E-state index contributed by atoms with van der Waals surface area (Å²) in [5.74, 6) is 0. The molecule has 2 aromatic rings. The molecule has 1 atom stereocenters. The van der Waals surface area contributed by atoms with Crippen LogP contribution in [-0.2, 0) is 6.42 Å². The summed E-state index contributed by atoms with van der Waals surface area (Å²) in [4.78, 5) is 5.94. The van der Waals surface area contributed by atoms with Crippen molar-refractivity contribution in [2.45, 2.75) is 45.6 Å². The summed E-state index contributed by atoms with van der Waals surface area (Å²) in [5.41, 5.74) is 8.79. The van der Waals surface area contributed by atoms with Crippen molar-refractivity contribution >= 4 is 10.9 Å². The molecule has 3 nitrogen and oxygen atoms in total. The highest BCUT2D eigenvalue weighted by Gasteiger charge is 2.30. The van der Waals surface area contributed by atoms with Crippen molar-refractivity contribution in [3.05, 3.63) is 36.0 Å². The first-order valence-corrected chi connectivity index (χ1v) is 8.14. The Morgan fingerprint density at radius 1 is 1.14 bits per heavy atom. The molecule has 0 radical (unpaired) electrons. The Labute approximate surface area is 128 Å². The molecular weight excluding hydrogens is 258 g/mol. The maximum Gasteiger partial charge on any atom is 0.0456 e. The van der Waals surface area contributed by atoms with Crippen LogP contribution in [0.3, 0.4) is 0 Å². The Morgan fingerprint density at radius 3 is 2.43 bits per heavy atom. The van der Waals surface area contributed by atoms with E-state index in [-0.39, 0.29) is 5.54 Å². The van der Waals surface area contributed by atoms with E-state index in [0.29, 0.717) is 6.54 Å². The zero-order valence-corrected chi connectivity index (χ0v) is 13.7. The van der Waals surface area contributed by atoms with Crippen LogP contribution < -0.4 is 5.73 Å². The van der Waals surface area contributed by atoms with Gasteiger partial charge >= 0.3 is 0 Å². The molecule has 0 spiro atoms. The van der Waals surface area contributed by atoms with Crippen LogP contribution in [0, 0.1) is 0 Å². The van der Waals surface area contributed by atoms with Gasteiger partial charge in [-0.25, -0.2) is 0 Å². The Hall–Kier alpha value is -1.32. The van der Waals surface area contributed by atoms with Gasteiger partial charge in [-0.1, -0.05) is 32.0 Å². The smallest absolute Gasteiger partial charge is 0.0456 e. The number of hydrogen-bond donors (Lipinski definition) is 2. The fraction of sp³-hybridized carbons (Fsp3) is 0.556. The minimum Gasteiger partial charge on any atom is -0.361 e. The van der Waals surface area contributed by atoms with Crippen LogP contribution in [-0.4, -0.2) is 35.1 Å².